The van der Waals surface area contributed by atoms with Gasteiger partial charge in [0, 0.05) is 34.7 Å². The molecular formula is C27H27N5O3S. The molecule has 1 saturated heterocycles. The van der Waals surface area contributed by atoms with Crippen LogP contribution in [0.4, 0.5) is 16.2 Å². The van der Waals surface area contributed by atoms with Crippen molar-refractivity contribution in [3.63, 3.8) is 0 Å². The molecule has 2 aromatic carbocycles. The second-order valence-electron chi connectivity index (χ2n) is 8.61. The number of aryl methyl sites for hydroxylation is 1. The van der Waals surface area contributed by atoms with Crippen LogP contribution >= 0.6 is 11.3 Å². The van der Waals surface area contributed by atoms with Gasteiger partial charge in [-0.25, -0.2) is 4.79 Å². The third kappa shape index (κ3) is 5.64. The summed E-state index contributed by atoms with van der Waals surface area (Å²) in [4.78, 5) is 27.8. The maximum Gasteiger partial charge on any atom is 0.321 e. The van der Waals surface area contributed by atoms with E-state index in [-0.39, 0.29) is 11.9 Å². The Kier molecular flexibility index (Phi) is 7.11. The molecule has 0 radical (unpaired) electrons. The monoisotopic (exact) mass is 501 g/mol. The first-order valence-electron chi connectivity index (χ1n) is 11.8. The Labute approximate surface area is 213 Å². The second kappa shape index (κ2) is 10.8. The predicted molar refractivity (Wildman–Crippen MR) is 144 cm³/mol. The molecule has 9 heteroatoms. The number of aromatic nitrogens is 2. The number of hydrogen-bond donors (Lipinski definition) is 3. The van der Waals surface area contributed by atoms with Gasteiger partial charge in [-0.3, -0.25) is 9.89 Å². The molecule has 0 unspecified atom stereocenters. The van der Waals surface area contributed by atoms with E-state index in [0.717, 1.165) is 44.0 Å². The lowest BCUT2D eigenvalue weighted by molar-refractivity contribution is -0.115. The van der Waals surface area contributed by atoms with E-state index in [1.165, 1.54) is 0 Å². The van der Waals surface area contributed by atoms with Crippen LogP contribution in [0.1, 0.15) is 21.7 Å². The van der Waals surface area contributed by atoms with Gasteiger partial charge in [-0.2, -0.15) is 5.10 Å². The maximum atomic E-state index is 12.5. The van der Waals surface area contributed by atoms with Crippen LogP contribution in [-0.2, 0) is 16.0 Å². The molecule has 0 spiro atoms. The van der Waals surface area contributed by atoms with Crippen LogP contribution in [0.25, 0.3) is 23.1 Å². The average Bonchev–Trinajstić information content (AvgIpc) is 3.53. The van der Waals surface area contributed by atoms with Gasteiger partial charge in [0.25, 0.3) is 0 Å². The molecular weight excluding hydrogens is 474 g/mol. The van der Waals surface area contributed by atoms with E-state index in [1.807, 2.05) is 73.0 Å². The van der Waals surface area contributed by atoms with E-state index in [2.05, 4.69) is 20.8 Å². The van der Waals surface area contributed by atoms with Crippen LogP contribution in [0.2, 0.25) is 0 Å². The summed E-state index contributed by atoms with van der Waals surface area (Å²) in [6.07, 6.45) is 4.23. The molecule has 2 aromatic heterocycles. The summed E-state index contributed by atoms with van der Waals surface area (Å²) in [6.45, 7) is 4.27. The Morgan fingerprint density at radius 1 is 1.11 bits per heavy atom. The lowest BCUT2D eigenvalue weighted by Crippen LogP contribution is -2.43. The molecule has 1 aliphatic heterocycles. The van der Waals surface area contributed by atoms with Crippen molar-refractivity contribution >= 4 is 57.7 Å². The number of morpholine rings is 1. The Morgan fingerprint density at radius 3 is 2.78 bits per heavy atom. The van der Waals surface area contributed by atoms with Crippen LogP contribution in [0.3, 0.4) is 0 Å². The number of carbonyl (C=O) groups excluding carboxylic acids is 2. The van der Waals surface area contributed by atoms with Crippen LogP contribution in [0.15, 0.2) is 53.9 Å². The summed E-state index contributed by atoms with van der Waals surface area (Å²) < 4.78 is 5.31. The van der Waals surface area contributed by atoms with Crippen molar-refractivity contribution in [1.29, 1.82) is 0 Å². The molecule has 0 saturated carbocycles. The van der Waals surface area contributed by atoms with Gasteiger partial charge in [0.15, 0.2) is 0 Å². The number of amides is 3. The quantitative estimate of drug-likeness (QED) is 0.340. The van der Waals surface area contributed by atoms with Gasteiger partial charge in [0.05, 0.1) is 30.8 Å². The second-order valence-corrected chi connectivity index (χ2v) is 9.65. The highest BCUT2D eigenvalue weighted by Gasteiger charge is 2.16. The van der Waals surface area contributed by atoms with Crippen molar-refractivity contribution in [2.24, 2.45) is 0 Å². The smallest absolute Gasteiger partial charge is 0.321 e. The summed E-state index contributed by atoms with van der Waals surface area (Å²) in [5.74, 6) is -0.0450. The molecule has 5 rings (SSSR count). The highest BCUT2D eigenvalue weighted by molar-refractivity contribution is 7.10. The van der Waals surface area contributed by atoms with Crippen LogP contribution in [0.5, 0.6) is 0 Å². The Morgan fingerprint density at radius 2 is 1.97 bits per heavy atom. The first-order valence-corrected chi connectivity index (χ1v) is 12.7. The van der Waals surface area contributed by atoms with E-state index < -0.39 is 0 Å². The minimum atomic E-state index is -0.123. The number of nitrogens with one attached hydrogen (secondary N) is 3. The molecule has 3 heterocycles. The first-order chi connectivity index (χ1) is 17.5. The zero-order valence-corrected chi connectivity index (χ0v) is 20.7. The van der Waals surface area contributed by atoms with Gasteiger partial charge in [0.1, 0.15) is 0 Å². The molecule has 1 aliphatic rings. The van der Waals surface area contributed by atoms with E-state index in [1.54, 1.807) is 16.2 Å². The van der Waals surface area contributed by atoms with Crippen LogP contribution < -0.4 is 10.6 Å². The van der Waals surface area contributed by atoms with Crippen molar-refractivity contribution in [2.75, 3.05) is 36.9 Å². The number of hydrogen-bond acceptors (Lipinski definition) is 5. The summed E-state index contributed by atoms with van der Waals surface area (Å²) in [6, 6.07) is 15.4. The van der Waals surface area contributed by atoms with E-state index >= 15 is 0 Å². The third-order valence-electron chi connectivity index (χ3n) is 6.00. The predicted octanol–water partition coefficient (Wildman–Crippen LogP) is 5.15. The normalized spacial score (nSPS) is 13.9. The zero-order chi connectivity index (χ0) is 24.9. The van der Waals surface area contributed by atoms with Crippen molar-refractivity contribution in [3.8, 4) is 0 Å². The number of carbonyl (C=O) groups is 2. The Hall–Kier alpha value is -3.95. The minimum Gasteiger partial charge on any atom is -0.378 e. The highest BCUT2D eigenvalue weighted by Crippen LogP contribution is 2.26. The number of ether oxygens (including phenoxy) is 1. The van der Waals surface area contributed by atoms with Crippen molar-refractivity contribution in [2.45, 2.75) is 13.3 Å². The summed E-state index contributed by atoms with van der Waals surface area (Å²) in [7, 11) is 0. The van der Waals surface area contributed by atoms with Crippen LogP contribution in [0, 0.1) is 6.92 Å². The minimum absolute atomic E-state index is 0.0450. The molecule has 184 valence electrons. The number of thiophene rings is 1. The lowest BCUT2D eigenvalue weighted by atomic mass is 10.1. The van der Waals surface area contributed by atoms with Crippen molar-refractivity contribution in [1.82, 2.24) is 15.1 Å². The van der Waals surface area contributed by atoms with Gasteiger partial charge in [-0.05, 0) is 59.8 Å². The maximum absolute atomic E-state index is 12.5. The number of fused-ring (bicyclic) bond motifs is 1. The number of nitrogens with zero attached hydrogens (tertiary/aromatic N) is 2. The number of anilines is 2. The van der Waals surface area contributed by atoms with Gasteiger partial charge in [-0.15, -0.1) is 11.3 Å². The molecule has 0 bridgehead atoms. The lowest BCUT2D eigenvalue weighted by Gasteiger charge is -2.26. The average molecular weight is 502 g/mol. The molecule has 0 atom stereocenters. The standard InChI is InChI=1S/C27H27N5O3S/c1-18-14-25-22(17-24(18)29-26(33)16-21-6-3-13-36-21)23(30-31-25)8-7-19-4-2-5-20(15-19)28-27(34)32-9-11-35-12-10-32/h2-8,13-15,17H,9-12,16H2,1H3,(H,28,34)(H,29,33)(H,30,31). The van der Waals surface area contributed by atoms with Gasteiger partial charge >= 0.3 is 6.03 Å². The first kappa shape index (κ1) is 23.8. The molecule has 36 heavy (non-hydrogen) atoms. The third-order valence-corrected chi connectivity index (χ3v) is 6.87. The molecule has 8 nitrogen and oxygen atoms in total. The zero-order valence-electron chi connectivity index (χ0n) is 19.9. The Balaban J connectivity index is 1.30. The topological polar surface area (TPSA) is 99.3 Å². The summed E-state index contributed by atoms with van der Waals surface area (Å²) in [5, 5.41) is 16.4. The van der Waals surface area contributed by atoms with E-state index in [4.69, 9.17) is 4.74 Å². The van der Waals surface area contributed by atoms with Crippen molar-refractivity contribution < 1.29 is 14.3 Å². The molecule has 3 N–H and O–H groups in total. The highest BCUT2D eigenvalue weighted by atomic mass is 32.1. The summed E-state index contributed by atoms with van der Waals surface area (Å²) in [5.41, 5.74) is 5.06. The number of H-pyrrole nitrogens is 1. The van der Waals surface area contributed by atoms with E-state index in [9.17, 15) is 9.59 Å². The number of aromatic amines is 1. The van der Waals surface area contributed by atoms with Crippen molar-refractivity contribution in [3.05, 3.63) is 75.6 Å². The van der Waals surface area contributed by atoms with Gasteiger partial charge < -0.3 is 20.3 Å². The fraction of sp³-hybridized carbons (Fsp3) is 0.222. The fourth-order valence-electron chi connectivity index (χ4n) is 4.08. The SMILES string of the molecule is Cc1cc2[nH]nc(C=Cc3cccc(NC(=O)N4CCOCC4)c3)c2cc1NC(=O)Cc1cccs1. The number of benzene rings is 2. The fourth-order valence-corrected chi connectivity index (χ4v) is 4.79. The van der Waals surface area contributed by atoms with E-state index in [0.29, 0.717) is 32.7 Å². The summed E-state index contributed by atoms with van der Waals surface area (Å²) >= 11 is 1.57. The van der Waals surface area contributed by atoms with Crippen LogP contribution in [-0.4, -0.2) is 53.3 Å². The van der Waals surface area contributed by atoms with Gasteiger partial charge in [0.2, 0.25) is 5.91 Å². The molecule has 4 aromatic rings. The molecule has 0 aliphatic carbocycles. The Bertz CT molecular complexity index is 1400. The van der Waals surface area contributed by atoms with Gasteiger partial charge in [-0.1, -0.05) is 24.3 Å². The largest absolute Gasteiger partial charge is 0.378 e. The number of urea groups is 1. The number of rotatable bonds is 6. The molecule has 3 amide bonds. The molecule has 1 fully saturated rings.